The molecule has 0 atom stereocenters. The average molecular weight is 388 g/mol. The molecule has 0 aromatic heterocycles. The molecule has 2 N–H and O–H groups in total. The van der Waals surface area contributed by atoms with E-state index in [1.165, 1.54) is 11.9 Å². The monoisotopic (exact) mass is 388 g/mol. The molecule has 0 amide bonds. The predicted molar refractivity (Wildman–Crippen MR) is 98.4 cm³/mol. The van der Waals surface area contributed by atoms with Crippen LogP contribution in [0.1, 0.15) is 18.9 Å². The van der Waals surface area contributed by atoms with Gasteiger partial charge < -0.3 is 20.1 Å². The maximum atomic E-state index is 12.3. The minimum atomic E-state index is -4.16. The summed E-state index contributed by atoms with van der Waals surface area (Å²) in [6, 6.07) is 5.86. The van der Waals surface area contributed by atoms with Gasteiger partial charge in [-0.05, 0) is 51.1 Å². The Balaban J connectivity index is 1.71. The van der Waals surface area contributed by atoms with Crippen LogP contribution in [-0.2, 0) is 6.42 Å². The third-order valence-corrected chi connectivity index (χ3v) is 3.90. The van der Waals surface area contributed by atoms with Crippen LogP contribution in [-0.4, -0.2) is 63.6 Å². The molecule has 1 aromatic carbocycles. The van der Waals surface area contributed by atoms with Crippen molar-refractivity contribution in [3.05, 3.63) is 23.8 Å². The lowest BCUT2D eigenvalue weighted by Crippen LogP contribution is -2.38. The molecule has 6 nitrogen and oxygen atoms in total. The number of ether oxygens (including phenoxy) is 2. The molecule has 0 unspecified atom stereocenters. The molecule has 2 rings (SSSR count). The first-order valence-corrected chi connectivity index (χ1v) is 9.03. The number of nitrogens with one attached hydrogen (secondary N) is 2. The largest absolute Gasteiger partial charge is 0.454 e. The van der Waals surface area contributed by atoms with Crippen molar-refractivity contribution < 1.29 is 22.6 Å². The van der Waals surface area contributed by atoms with Gasteiger partial charge in [-0.1, -0.05) is 6.07 Å². The highest BCUT2D eigenvalue weighted by atomic mass is 19.4. The summed E-state index contributed by atoms with van der Waals surface area (Å²) in [5, 5.41) is 6.37. The molecular weight excluding hydrogens is 361 g/mol. The number of rotatable bonds is 9. The zero-order valence-corrected chi connectivity index (χ0v) is 15.7. The lowest BCUT2D eigenvalue weighted by molar-refractivity contribution is -0.143. The molecule has 0 saturated carbocycles. The van der Waals surface area contributed by atoms with Crippen LogP contribution in [0, 0.1) is 0 Å². The number of halogens is 3. The van der Waals surface area contributed by atoms with E-state index in [1.54, 1.807) is 0 Å². The van der Waals surface area contributed by atoms with Crippen molar-refractivity contribution in [2.24, 2.45) is 4.99 Å². The van der Waals surface area contributed by atoms with Crippen LogP contribution < -0.4 is 20.1 Å². The highest BCUT2D eigenvalue weighted by Gasteiger charge is 2.28. The van der Waals surface area contributed by atoms with E-state index in [0.717, 1.165) is 23.5 Å². The fourth-order valence-corrected chi connectivity index (χ4v) is 2.68. The zero-order valence-electron chi connectivity index (χ0n) is 15.7. The minimum absolute atomic E-state index is 0.256. The Kier molecular flexibility index (Phi) is 8.02. The van der Waals surface area contributed by atoms with E-state index in [-0.39, 0.29) is 6.79 Å². The van der Waals surface area contributed by atoms with E-state index < -0.39 is 12.7 Å². The Bertz CT molecular complexity index is 623. The molecular formula is C18H27F3N4O2. The van der Waals surface area contributed by atoms with E-state index in [4.69, 9.17) is 9.47 Å². The van der Waals surface area contributed by atoms with E-state index in [0.29, 0.717) is 38.6 Å². The first-order chi connectivity index (χ1) is 12.9. The Morgan fingerprint density at radius 3 is 2.74 bits per heavy atom. The highest BCUT2D eigenvalue weighted by Crippen LogP contribution is 2.32. The second kappa shape index (κ2) is 10.2. The smallest absolute Gasteiger partial charge is 0.401 e. The Morgan fingerprint density at radius 2 is 2.00 bits per heavy atom. The average Bonchev–Trinajstić information content (AvgIpc) is 3.05. The number of guanidine groups is 1. The van der Waals surface area contributed by atoms with Gasteiger partial charge in [-0.25, -0.2) is 0 Å². The number of alkyl halides is 3. The molecule has 0 bridgehead atoms. The first-order valence-electron chi connectivity index (χ1n) is 9.03. The molecule has 0 spiro atoms. The Hall–Kier alpha value is -2.16. The van der Waals surface area contributed by atoms with Gasteiger partial charge in [0.15, 0.2) is 17.5 Å². The number of hydrogen-bond donors (Lipinski definition) is 2. The second-order valence-electron chi connectivity index (χ2n) is 6.33. The molecule has 1 heterocycles. The fourth-order valence-electron chi connectivity index (χ4n) is 2.68. The molecule has 152 valence electrons. The summed E-state index contributed by atoms with van der Waals surface area (Å²) in [7, 11) is 1.46. The van der Waals surface area contributed by atoms with Gasteiger partial charge in [0.1, 0.15) is 0 Å². The summed E-state index contributed by atoms with van der Waals surface area (Å²) in [4.78, 5) is 5.67. The van der Waals surface area contributed by atoms with Crippen LogP contribution in [0.5, 0.6) is 11.5 Å². The van der Waals surface area contributed by atoms with E-state index in [2.05, 4.69) is 15.6 Å². The molecule has 1 aliphatic rings. The van der Waals surface area contributed by atoms with Crippen LogP contribution >= 0.6 is 0 Å². The summed E-state index contributed by atoms with van der Waals surface area (Å²) in [5.74, 6) is 2.19. The van der Waals surface area contributed by atoms with E-state index >= 15 is 0 Å². The van der Waals surface area contributed by atoms with Gasteiger partial charge in [-0.15, -0.1) is 0 Å². The quantitative estimate of drug-likeness (QED) is 0.387. The maximum absolute atomic E-state index is 12.3. The van der Waals surface area contributed by atoms with E-state index in [9.17, 15) is 13.2 Å². The van der Waals surface area contributed by atoms with Crippen molar-refractivity contribution in [1.29, 1.82) is 0 Å². The van der Waals surface area contributed by atoms with Crippen molar-refractivity contribution in [3.8, 4) is 11.5 Å². The van der Waals surface area contributed by atoms with Gasteiger partial charge in [0.2, 0.25) is 6.79 Å². The number of hydrogen-bond acceptors (Lipinski definition) is 4. The molecule has 0 radical (unpaired) electrons. The SMILES string of the molecule is CCNC(=NCCCN(C)CC(F)(F)F)NCCc1ccc2c(c1)OCO2. The van der Waals surface area contributed by atoms with E-state index in [1.807, 2.05) is 25.1 Å². The van der Waals surface area contributed by atoms with Crippen LogP contribution in [0.3, 0.4) is 0 Å². The maximum Gasteiger partial charge on any atom is 0.401 e. The summed E-state index contributed by atoms with van der Waals surface area (Å²) in [6.45, 7) is 3.52. The normalized spacial score (nSPS) is 13.9. The number of benzene rings is 1. The molecule has 0 fully saturated rings. The minimum Gasteiger partial charge on any atom is -0.454 e. The summed E-state index contributed by atoms with van der Waals surface area (Å²) in [6.07, 6.45) is -2.82. The van der Waals surface area contributed by atoms with Crippen molar-refractivity contribution in [1.82, 2.24) is 15.5 Å². The van der Waals surface area contributed by atoms with Crippen molar-refractivity contribution in [3.63, 3.8) is 0 Å². The lowest BCUT2D eigenvalue weighted by atomic mass is 10.1. The number of aliphatic imine (C=N–C) groups is 1. The number of nitrogens with zero attached hydrogens (tertiary/aromatic N) is 2. The van der Waals surface area contributed by atoms with Crippen LogP contribution in [0.15, 0.2) is 23.2 Å². The molecule has 27 heavy (non-hydrogen) atoms. The van der Waals surface area contributed by atoms with Gasteiger partial charge >= 0.3 is 6.18 Å². The highest BCUT2D eigenvalue weighted by molar-refractivity contribution is 5.79. The standard InChI is InChI=1S/C18H27F3N4O2/c1-3-22-17(23-8-4-10-25(2)12-18(19,20)21)24-9-7-14-5-6-15-16(11-14)27-13-26-15/h5-6,11H,3-4,7-10,12-13H2,1-2H3,(H2,22,23,24). The van der Waals surface area contributed by atoms with Gasteiger partial charge in [0.25, 0.3) is 0 Å². The third-order valence-electron chi connectivity index (χ3n) is 3.90. The van der Waals surface area contributed by atoms with Crippen LogP contribution in [0.4, 0.5) is 13.2 Å². The zero-order chi connectivity index (χ0) is 19.7. The summed E-state index contributed by atoms with van der Waals surface area (Å²) >= 11 is 0. The topological polar surface area (TPSA) is 58.1 Å². The predicted octanol–water partition coefficient (Wildman–Crippen LogP) is 2.40. The molecule has 0 saturated heterocycles. The molecule has 9 heteroatoms. The Labute approximate surface area is 157 Å². The molecule has 1 aromatic rings. The van der Waals surface area contributed by atoms with Gasteiger partial charge in [-0.3, -0.25) is 9.89 Å². The van der Waals surface area contributed by atoms with Gasteiger partial charge in [0.05, 0.1) is 6.54 Å². The van der Waals surface area contributed by atoms with Crippen molar-refractivity contribution in [2.75, 3.05) is 46.6 Å². The third kappa shape index (κ3) is 7.94. The Morgan fingerprint density at radius 1 is 1.22 bits per heavy atom. The number of fused-ring (bicyclic) bond motifs is 1. The molecule has 1 aliphatic heterocycles. The van der Waals surface area contributed by atoms with Crippen molar-refractivity contribution >= 4 is 5.96 Å². The summed E-state index contributed by atoms with van der Waals surface area (Å²) < 4.78 is 47.5. The summed E-state index contributed by atoms with van der Waals surface area (Å²) in [5.41, 5.74) is 1.12. The lowest BCUT2D eigenvalue weighted by Gasteiger charge is -2.18. The van der Waals surface area contributed by atoms with Crippen LogP contribution in [0.25, 0.3) is 0 Å². The van der Waals surface area contributed by atoms with Crippen LogP contribution in [0.2, 0.25) is 0 Å². The van der Waals surface area contributed by atoms with Gasteiger partial charge in [-0.2, -0.15) is 13.2 Å². The fraction of sp³-hybridized carbons (Fsp3) is 0.611. The van der Waals surface area contributed by atoms with Gasteiger partial charge in [0, 0.05) is 19.6 Å². The first kappa shape index (κ1) is 21.1. The second-order valence-corrected chi connectivity index (χ2v) is 6.33. The molecule has 0 aliphatic carbocycles. The van der Waals surface area contributed by atoms with Crippen molar-refractivity contribution in [2.45, 2.75) is 25.9 Å².